The molecule has 2 N–H and O–H groups in total. The third kappa shape index (κ3) is 5.12. The first kappa shape index (κ1) is 15.8. The van der Waals surface area contributed by atoms with E-state index >= 15 is 0 Å². The van der Waals surface area contributed by atoms with E-state index in [0.717, 1.165) is 0 Å². The highest BCUT2D eigenvalue weighted by atomic mass is 16.9. The number of hydrogen-bond donors (Lipinski definition) is 2. The van der Waals surface area contributed by atoms with Crippen molar-refractivity contribution in [3.05, 3.63) is 0 Å². The fourth-order valence-corrected chi connectivity index (χ4v) is 1.43. The minimum atomic E-state index is -1.33. The summed E-state index contributed by atoms with van der Waals surface area (Å²) in [6, 6.07) is 0. The lowest BCUT2D eigenvalue weighted by atomic mass is 9.99. The predicted molar refractivity (Wildman–Crippen MR) is 56.4 cm³/mol. The highest BCUT2D eigenvalue weighted by molar-refractivity contribution is 5.77. The van der Waals surface area contributed by atoms with Crippen molar-refractivity contribution in [1.29, 1.82) is 0 Å². The van der Waals surface area contributed by atoms with Crippen molar-refractivity contribution in [2.24, 2.45) is 5.92 Å². The van der Waals surface area contributed by atoms with Crippen molar-refractivity contribution in [3.8, 4) is 0 Å². The molecule has 100 valence electrons. The first-order valence-corrected chi connectivity index (χ1v) is 5.00. The van der Waals surface area contributed by atoms with E-state index < -0.39 is 30.3 Å². The van der Waals surface area contributed by atoms with Crippen LogP contribution < -0.4 is 0 Å². The summed E-state index contributed by atoms with van der Waals surface area (Å²) in [6.07, 6.45) is -0.236. The van der Waals surface area contributed by atoms with E-state index in [1.54, 1.807) is 0 Å². The number of carbonyl (C=O) groups is 2. The maximum Gasteiger partial charge on any atom is 0.307 e. The van der Waals surface area contributed by atoms with Crippen molar-refractivity contribution in [1.82, 2.24) is 0 Å². The van der Waals surface area contributed by atoms with Crippen molar-refractivity contribution in [2.45, 2.75) is 25.2 Å². The fourth-order valence-electron chi connectivity index (χ4n) is 1.43. The first-order valence-electron chi connectivity index (χ1n) is 5.00. The van der Waals surface area contributed by atoms with Gasteiger partial charge in [-0.2, -0.15) is 0 Å². The monoisotopic (exact) mass is 250 g/mol. The lowest BCUT2D eigenvalue weighted by molar-refractivity contribution is -0.355. The van der Waals surface area contributed by atoms with Crippen LogP contribution in [0, 0.1) is 5.92 Å². The van der Waals surface area contributed by atoms with Crippen LogP contribution in [0.5, 0.6) is 0 Å². The number of methoxy groups -OCH3 is 3. The zero-order chi connectivity index (χ0) is 13.5. The Kier molecular flexibility index (Phi) is 6.71. The van der Waals surface area contributed by atoms with Gasteiger partial charge in [0.25, 0.3) is 5.97 Å². The van der Waals surface area contributed by atoms with Gasteiger partial charge >= 0.3 is 11.9 Å². The molecule has 0 aliphatic heterocycles. The van der Waals surface area contributed by atoms with E-state index in [4.69, 9.17) is 24.4 Å². The molecule has 0 saturated carbocycles. The number of carboxylic acids is 2. The molecule has 0 radical (unpaired) electrons. The second kappa shape index (κ2) is 7.21. The van der Waals surface area contributed by atoms with E-state index in [9.17, 15) is 9.59 Å². The van der Waals surface area contributed by atoms with Gasteiger partial charge < -0.3 is 24.4 Å². The minimum Gasteiger partial charge on any atom is -0.481 e. The van der Waals surface area contributed by atoms with E-state index in [2.05, 4.69) is 0 Å². The summed E-state index contributed by atoms with van der Waals surface area (Å²) in [4.78, 5) is 21.3. The molecular formula is C10H18O7. The quantitative estimate of drug-likeness (QED) is 0.575. The molecule has 0 bridgehead atoms. The Morgan fingerprint density at radius 2 is 1.59 bits per heavy atom. The number of rotatable bonds is 9. The Balaban J connectivity index is 4.46. The highest BCUT2D eigenvalue weighted by Crippen LogP contribution is 2.23. The van der Waals surface area contributed by atoms with Gasteiger partial charge in [0, 0.05) is 27.8 Å². The zero-order valence-corrected chi connectivity index (χ0v) is 10.1. The Labute approximate surface area is 99.3 Å². The summed E-state index contributed by atoms with van der Waals surface area (Å²) in [5, 5.41) is 17.4. The van der Waals surface area contributed by atoms with Crippen LogP contribution in [-0.2, 0) is 23.8 Å². The van der Waals surface area contributed by atoms with Crippen LogP contribution in [0.4, 0.5) is 0 Å². The molecule has 0 aliphatic rings. The summed E-state index contributed by atoms with van der Waals surface area (Å²) in [5.41, 5.74) is 0. The highest BCUT2D eigenvalue weighted by Gasteiger charge is 2.32. The fraction of sp³-hybridized carbons (Fsp3) is 0.800. The minimum absolute atomic E-state index is 0.0805. The normalized spacial score (nSPS) is 13.4. The van der Waals surface area contributed by atoms with Gasteiger partial charge in [0.2, 0.25) is 0 Å². The number of aliphatic carboxylic acids is 2. The number of hydrogen-bond acceptors (Lipinski definition) is 5. The van der Waals surface area contributed by atoms with Crippen LogP contribution in [-0.4, -0.2) is 49.5 Å². The third-order valence-corrected chi connectivity index (χ3v) is 2.50. The van der Waals surface area contributed by atoms with Crippen LogP contribution in [0.3, 0.4) is 0 Å². The molecule has 0 spiro atoms. The summed E-state index contributed by atoms with van der Waals surface area (Å²) in [7, 11) is 4.08. The second-order valence-electron chi connectivity index (χ2n) is 3.47. The van der Waals surface area contributed by atoms with E-state index in [1.807, 2.05) is 0 Å². The van der Waals surface area contributed by atoms with Crippen LogP contribution in [0.25, 0.3) is 0 Å². The van der Waals surface area contributed by atoms with Crippen LogP contribution >= 0.6 is 0 Å². The second-order valence-corrected chi connectivity index (χ2v) is 3.47. The van der Waals surface area contributed by atoms with Gasteiger partial charge in [-0.25, -0.2) is 0 Å². The van der Waals surface area contributed by atoms with Gasteiger partial charge in [-0.3, -0.25) is 9.59 Å². The largest absolute Gasteiger partial charge is 0.481 e. The molecule has 0 rings (SSSR count). The van der Waals surface area contributed by atoms with Gasteiger partial charge in [0.05, 0.1) is 12.3 Å². The number of ether oxygens (including phenoxy) is 3. The van der Waals surface area contributed by atoms with E-state index in [-0.39, 0.29) is 12.8 Å². The van der Waals surface area contributed by atoms with Crippen LogP contribution in [0.2, 0.25) is 0 Å². The molecule has 0 aliphatic carbocycles. The third-order valence-electron chi connectivity index (χ3n) is 2.50. The Hall–Kier alpha value is -1.18. The average Bonchev–Trinajstić information content (AvgIpc) is 2.29. The van der Waals surface area contributed by atoms with Crippen molar-refractivity contribution in [3.63, 3.8) is 0 Å². The van der Waals surface area contributed by atoms with E-state index in [1.165, 1.54) is 21.3 Å². The SMILES string of the molecule is COC(CCC(CC(=O)O)C(=O)O)(OC)OC. The van der Waals surface area contributed by atoms with Gasteiger partial charge in [0.15, 0.2) is 0 Å². The van der Waals surface area contributed by atoms with Crippen molar-refractivity contribution < 1.29 is 34.0 Å². The maximum absolute atomic E-state index is 10.8. The van der Waals surface area contributed by atoms with E-state index in [0.29, 0.717) is 0 Å². The van der Waals surface area contributed by atoms with Gasteiger partial charge in [-0.1, -0.05) is 0 Å². The average molecular weight is 250 g/mol. The van der Waals surface area contributed by atoms with Gasteiger partial charge in [0.1, 0.15) is 0 Å². The summed E-state index contributed by atoms with van der Waals surface area (Å²) in [5.74, 6) is -4.64. The molecule has 7 heteroatoms. The van der Waals surface area contributed by atoms with Crippen molar-refractivity contribution >= 4 is 11.9 Å². The molecule has 0 amide bonds. The molecule has 1 unspecified atom stereocenters. The summed E-state index contributed by atoms with van der Waals surface area (Å²) < 4.78 is 15.0. The molecule has 0 fully saturated rings. The topological polar surface area (TPSA) is 102 Å². The smallest absolute Gasteiger partial charge is 0.307 e. The standard InChI is InChI=1S/C10H18O7/c1-15-10(16-2,17-3)5-4-7(9(13)14)6-8(11)12/h7H,4-6H2,1-3H3,(H,11,12)(H,13,14). The summed E-state index contributed by atoms with van der Waals surface area (Å²) in [6.45, 7) is 0. The first-order chi connectivity index (χ1) is 7.90. The van der Waals surface area contributed by atoms with Gasteiger partial charge in [-0.05, 0) is 6.42 Å². The molecule has 0 aromatic carbocycles. The molecular weight excluding hydrogens is 232 g/mol. The Bertz CT molecular complexity index is 251. The molecule has 0 saturated heterocycles. The van der Waals surface area contributed by atoms with Gasteiger partial charge in [-0.15, -0.1) is 0 Å². The lowest BCUT2D eigenvalue weighted by Gasteiger charge is -2.29. The lowest BCUT2D eigenvalue weighted by Crippen LogP contribution is -2.37. The zero-order valence-electron chi connectivity index (χ0n) is 10.1. The summed E-state index contributed by atoms with van der Waals surface area (Å²) >= 11 is 0. The number of carboxylic acid groups (broad SMARTS) is 2. The molecule has 7 nitrogen and oxygen atoms in total. The molecule has 17 heavy (non-hydrogen) atoms. The molecule has 0 aromatic heterocycles. The predicted octanol–water partition coefficient (Wildman–Crippen LogP) is 0.535. The maximum atomic E-state index is 10.8. The van der Waals surface area contributed by atoms with Crippen LogP contribution in [0.1, 0.15) is 19.3 Å². The van der Waals surface area contributed by atoms with Crippen molar-refractivity contribution in [2.75, 3.05) is 21.3 Å². The Morgan fingerprint density at radius 1 is 1.12 bits per heavy atom. The molecule has 1 atom stereocenters. The Morgan fingerprint density at radius 3 is 1.88 bits per heavy atom. The molecule has 0 heterocycles. The molecule has 0 aromatic rings. The van der Waals surface area contributed by atoms with Crippen LogP contribution in [0.15, 0.2) is 0 Å².